The molecule has 4 aromatic carbocycles. The number of amides is 2. The highest BCUT2D eigenvalue weighted by Crippen LogP contribution is 2.65. The molecule has 10 heteroatoms. The smallest absolute Gasteiger partial charge is 0.324 e. The number of aliphatic hydroxyl groups is 1. The number of hydrogen-bond donors (Lipinski definition) is 2. The predicted octanol–water partition coefficient (Wildman–Crippen LogP) is 5.56. The third kappa shape index (κ3) is 5.14. The maximum absolute atomic E-state index is 15.1. The molecule has 0 bridgehead atoms. The molecule has 6 atom stereocenters. The number of anilines is 1. The summed E-state index contributed by atoms with van der Waals surface area (Å²) in [5.74, 6) is -1.53. The second kappa shape index (κ2) is 12.9. The number of cyclic esters (lactones) is 1. The van der Waals surface area contributed by atoms with Crippen molar-refractivity contribution in [3.05, 3.63) is 129 Å². The van der Waals surface area contributed by atoms with E-state index in [4.69, 9.17) is 9.47 Å². The minimum atomic E-state index is -1.47. The Bertz CT molecular complexity index is 1880. The molecule has 3 fully saturated rings. The number of esters is 1. The third-order valence-electron chi connectivity index (χ3n) is 10.5. The Kier molecular flexibility index (Phi) is 8.41. The van der Waals surface area contributed by atoms with E-state index >= 15 is 9.59 Å². The van der Waals surface area contributed by atoms with Gasteiger partial charge in [0, 0.05) is 22.3 Å². The minimum absolute atomic E-state index is 0.124. The molecular weight excluding hydrogens is 733 g/mol. The van der Waals surface area contributed by atoms with Gasteiger partial charge in [-0.3, -0.25) is 19.3 Å². The summed E-state index contributed by atoms with van der Waals surface area (Å²) in [5, 5.41) is 12.5. The summed E-state index contributed by atoms with van der Waals surface area (Å²) in [7, 11) is 0. The van der Waals surface area contributed by atoms with Gasteiger partial charge in [0.05, 0.1) is 24.6 Å². The highest BCUT2D eigenvalue weighted by Gasteiger charge is 2.74. The van der Waals surface area contributed by atoms with Gasteiger partial charge in [0.15, 0.2) is 0 Å². The van der Waals surface area contributed by atoms with Crippen molar-refractivity contribution >= 4 is 46.1 Å². The number of nitrogens with zero attached hydrogens (tertiary/aromatic N) is 2. The van der Waals surface area contributed by atoms with Gasteiger partial charge in [0.25, 0.3) is 0 Å². The van der Waals surface area contributed by atoms with E-state index in [1.165, 1.54) is 0 Å². The summed E-state index contributed by atoms with van der Waals surface area (Å²) in [6.45, 7) is 1.16. The fourth-order valence-corrected chi connectivity index (χ4v) is 9.08. The summed E-state index contributed by atoms with van der Waals surface area (Å²) >= 11 is 2.24. The molecule has 0 radical (unpaired) electrons. The highest BCUT2D eigenvalue weighted by molar-refractivity contribution is 14.1. The van der Waals surface area contributed by atoms with Crippen LogP contribution in [0.25, 0.3) is 0 Å². The number of fused-ring (bicyclic) bond motifs is 3. The van der Waals surface area contributed by atoms with Gasteiger partial charge >= 0.3 is 5.97 Å². The lowest BCUT2D eigenvalue weighted by Gasteiger charge is -2.46. The second-order valence-corrected chi connectivity index (χ2v) is 14.3. The molecule has 8 rings (SSSR count). The lowest BCUT2D eigenvalue weighted by Crippen LogP contribution is -2.55. The molecule has 0 saturated carbocycles. The molecular formula is C39H36IN3O6. The zero-order valence-electron chi connectivity index (χ0n) is 26.7. The Labute approximate surface area is 298 Å². The molecule has 0 aliphatic carbocycles. The normalized spacial score (nSPS) is 27.5. The van der Waals surface area contributed by atoms with Gasteiger partial charge in [0.2, 0.25) is 11.8 Å². The van der Waals surface area contributed by atoms with Crippen molar-refractivity contribution in [3.63, 3.8) is 0 Å². The topological polar surface area (TPSA) is 108 Å². The van der Waals surface area contributed by atoms with E-state index in [-0.39, 0.29) is 25.0 Å². The fraction of sp³-hybridized carbons (Fsp3) is 0.308. The first-order valence-electron chi connectivity index (χ1n) is 16.7. The lowest BCUT2D eigenvalue weighted by atomic mass is 9.65. The summed E-state index contributed by atoms with van der Waals surface area (Å²) in [4.78, 5) is 48.8. The molecule has 1 spiro atoms. The fourth-order valence-electron chi connectivity index (χ4n) is 8.59. The van der Waals surface area contributed by atoms with E-state index in [0.29, 0.717) is 30.1 Å². The first-order chi connectivity index (χ1) is 23.9. The number of nitrogens with one attached hydrogen (secondary N) is 1. The van der Waals surface area contributed by atoms with E-state index in [9.17, 15) is 9.90 Å². The molecule has 2 amide bonds. The maximum atomic E-state index is 15.1. The summed E-state index contributed by atoms with van der Waals surface area (Å²) < 4.78 is 13.1. The van der Waals surface area contributed by atoms with Gasteiger partial charge in [-0.05, 0) is 88.0 Å². The van der Waals surface area contributed by atoms with Gasteiger partial charge in [-0.25, -0.2) is 0 Å². The quantitative estimate of drug-likeness (QED) is 0.188. The lowest BCUT2D eigenvalue weighted by molar-refractivity contribution is -0.178. The Morgan fingerprint density at radius 2 is 1.55 bits per heavy atom. The predicted molar refractivity (Wildman–Crippen MR) is 191 cm³/mol. The highest BCUT2D eigenvalue weighted by atomic mass is 127. The largest absolute Gasteiger partial charge is 0.491 e. The average molecular weight is 770 g/mol. The molecule has 4 aliphatic rings. The van der Waals surface area contributed by atoms with Crippen LogP contribution in [-0.4, -0.2) is 65.0 Å². The van der Waals surface area contributed by atoms with E-state index in [2.05, 4.69) is 32.8 Å². The van der Waals surface area contributed by atoms with Crippen LogP contribution in [0, 0.1) is 9.49 Å². The van der Waals surface area contributed by atoms with Crippen molar-refractivity contribution in [2.45, 2.75) is 42.5 Å². The number of rotatable bonds is 7. The van der Waals surface area contributed by atoms with Crippen LogP contribution in [0.4, 0.5) is 5.69 Å². The Balaban J connectivity index is 1.42. The van der Waals surface area contributed by atoms with Crippen LogP contribution >= 0.6 is 22.6 Å². The standard InChI is InChI=1S/C39H36IN3O6/c40-27-15-18-30-29(23-27)39(38(47)41-30)31(36(45)42-19-7-8-20-42)33-37(46)49-34(25-11-5-2-6-12-25)32(24-9-3-1-4-10-24)43(33)35(39)26-13-16-28(17-14-26)48-22-21-44/h1-6,9-18,23,31-35,44H,7-8,19-22H2,(H,41,47)/t31-,32-,33-,34+,35+,39-/m0/s1. The van der Waals surface area contributed by atoms with Gasteiger partial charge in [-0.2, -0.15) is 0 Å². The first-order valence-corrected chi connectivity index (χ1v) is 17.8. The van der Waals surface area contributed by atoms with Crippen LogP contribution in [0.5, 0.6) is 5.75 Å². The van der Waals surface area contributed by atoms with Crippen molar-refractivity contribution in [1.29, 1.82) is 0 Å². The first kappa shape index (κ1) is 32.0. The molecule has 250 valence electrons. The van der Waals surface area contributed by atoms with Crippen LogP contribution in [0.2, 0.25) is 0 Å². The van der Waals surface area contributed by atoms with E-state index < -0.39 is 41.5 Å². The number of benzene rings is 4. The molecule has 0 unspecified atom stereocenters. The summed E-state index contributed by atoms with van der Waals surface area (Å²) in [6.07, 6.45) is 1.03. The van der Waals surface area contributed by atoms with Crippen LogP contribution in [0.15, 0.2) is 103 Å². The van der Waals surface area contributed by atoms with Gasteiger partial charge in [-0.15, -0.1) is 0 Å². The van der Waals surface area contributed by atoms with Crippen LogP contribution in [-0.2, 0) is 24.5 Å². The molecule has 9 nitrogen and oxygen atoms in total. The molecule has 4 aromatic rings. The number of hydrogen-bond acceptors (Lipinski definition) is 7. The van der Waals surface area contributed by atoms with Crippen molar-refractivity contribution in [2.24, 2.45) is 5.92 Å². The zero-order valence-corrected chi connectivity index (χ0v) is 28.9. The number of ether oxygens (including phenoxy) is 2. The number of likely N-dealkylation sites (tertiary alicyclic amines) is 1. The van der Waals surface area contributed by atoms with E-state index in [1.54, 1.807) is 0 Å². The molecule has 4 heterocycles. The monoisotopic (exact) mass is 769 g/mol. The van der Waals surface area contributed by atoms with Crippen LogP contribution in [0.3, 0.4) is 0 Å². The van der Waals surface area contributed by atoms with Crippen molar-refractivity contribution < 1.29 is 29.0 Å². The number of carbonyl (C=O) groups excluding carboxylic acids is 3. The third-order valence-corrected chi connectivity index (χ3v) is 11.2. The van der Waals surface area contributed by atoms with Gasteiger partial charge in [-0.1, -0.05) is 72.8 Å². The molecule has 3 saturated heterocycles. The number of morpholine rings is 1. The van der Waals surface area contributed by atoms with Gasteiger partial charge in [0.1, 0.15) is 29.9 Å². The molecule has 0 aromatic heterocycles. The molecule has 4 aliphatic heterocycles. The Morgan fingerprint density at radius 3 is 2.22 bits per heavy atom. The summed E-state index contributed by atoms with van der Waals surface area (Å²) in [5.41, 5.74) is 2.38. The molecule has 2 N–H and O–H groups in total. The second-order valence-electron chi connectivity index (χ2n) is 13.1. The Morgan fingerprint density at radius 1 is 0.878 bits per heavy atom. The Hall–Kier alpha value is -4.26. The number of aliphatic hydroxyl groups excluding tert-OH is 1. The van der Waals surface area contributed by atoms with Crippen molar-refractivity contribution in [2.75, 3.05) is 31.6 Å². The van der Waals surface area contributed by atoms with Crippen molar-refractivity contribution in [3.8, 4) is 5.75 Å². The summed E-state index contributed by atoms with van der Waals surface area (Å²) in [6, 6.07) is 30.5. The van der Waals surface area contributed by atoms with E-state index in [1.807, 2.05) is 108 Å². The molecule has 49 heavy (non-hydrogen) atoms. The van der Waals surface area contributed by atoms with E-state index in [0.717, 1.165) is 33.1 Å². The van der Waals surface area contributed by atoms with Crippen molar-refractivity contribution in [1.82, 2.24) is 9.80 Å². The van der Waals surface area contributed by atoms with Crippen LogP contribution in [0.1, 0.15) is 53.3 Å². The average Bonchev–Trinajstić information content (AvgIpc) is 3.85. The zero-order chi connectivity index (χ0) is 33.7. The SMILES string of the molecule is O=C1O[C@H](c2ccccc2)[C@H](c2ccccc2)N2[C@H]1[C@@H](C(=O)N1CCCC1)[C@]1(C(=O)Nc3ccc(I)cc31)[C@H]2c1ccc(OCCO)cc1. The van der Waals surface area contributed by atoms with Crippen LogP contribution < -0.4 is 10.1 Å². The number of carbonyl (C=O) groups is 3. The maximum Gasteiger partial charge on any atom is 0.324 e. The minimum Gasteiger partial charge on any atom is -0.491 e. The van der Waals surface area contributed by atoms with Gasteiger partial charge < -0.3 is 24.8 Å². The number of halogens is 1.